The van der Waals surface area contributed by atoms with E-state index in [1.165, 1.54) is 38.5 Å². The molecule has 0 saturated carbocycles. The number of ether oxygens (including phenoxy) is 1. The highest BCUT2D eigenvalue weighted by molar-refractivity contribution is 5.69. The number of aliphatic carboxylic acids is 1. The maximum Gasteiger partial charge on any atom is 0.306 e. The van der Waals surface area contributed by atoms with Crippen molar-refractivity contribution in [3.05, 3.63) is 60.8 Å². The lowest BCUT2D eigenvalue weighted by Gasteiger charge is -2.14. The lowest BCUT2D eigenvalue weighted by molar-refractivity contribution is -0.147. The summed E-state index contributed by atoms with van der Waals surface area (Å²) in [6.45, 7) is 4.37. The summed E-state index contributed by atoms with van der Waals surface area (Å²) in [4.78, 5) is 23.1. The Bertz CT molecular complexity index is 744. The van der Waals surface area contributed by atoms with Gasteiger partial charge in [0.2, 0.25) is 0 Å². The van der Waals surface area contributed by atoms with Crippen molar-refractivity contribution in [1.82, 2.24) is 0 Å². The van der Waals surface area contributed by atoms with Crippen molar-refractivity contribution in [2.24, 2.45) is 0 Å². The van der Waals surface area contributed by atoms with Crippen LogP contribution in [-0.2, 0) is 14.3 Å². The number of carbonyl (C=O) groups is 2. The van der Waals surface area contributed by atoms with E-state index in [1.807, 2.05) is 0 Å². The van der Waals surface area contributed by atoms with Gasteiger partial charge in [-0.15, -0.1) is 0 Å². The number of carboxylic acid groups (broad SMARTS) is 1. The highest BCUT2D eigenvalue weighted by Gasteiger charge is 2.11. The third kappa shape index (κ3) is 32.0. The first-order chi connectivity index (χ1) is 20.1. The Morgan fingerprint density at radius 2 is 1.10 bits per heavy atom. The summed E-state index contributed by atoms with van der Waals surface area (Å²) in [5, 5.41) is 8.74. The van der Waals surface area contributed by atoms with Crippen LogP contribution in [0.15, 0.2) is 60.8 Å². The molecular formula is C37H62O4. The fourth-order valence-corrected chi connectivity index (χ4v) is 4.48. The van der Waals surface area contributed by atoms with E-state index in [1.54, 1.807) is 0 Å². The third-order valence-electron chi connectivity index (χ3n) is 6.96. The number of hydrogen-bond acceptors (Lipinski definition) is 3. The van der Waals surface area contributed by atoms with Gasteiger partial charge in [0.1, 0.15) is 6.10 Å². The van der Waals surface area contributed by atoms with E-state index < -0.39 is 5.97 Å². The van der Waals surface area contributed by atoms with E-state index in [9.17, 15) is 9.59 Å². The molecule has 0 spiro atoms. The standard InChI is InChI=1S/C37H62O4/c1-3-5-7-9-11-13-14-15-16-17-18-20-26-30-34-37(40)41-35(31-27-23-19-12-10-8-6-4-2)32-28-24-21-22-25-29-33-36(38)39/h6,8-9,11-12,14-15,19,27,31,35H,3-5,7,10,13,16-18,20-26,28-30,32-34H2,1-2H3,(H,38,39)/b8-6-,11-9-,15-14-,19-12-,31-27-. The lowest BCUT2D eigenvalue weighted by atomic mass is 10.1. The molecule has 0 radical (unpaired) electrons. The number of allylic oxidation sites excluding steroid dienone is 9. The zero-order valence-corrected chi connectivity index (χ0v) is 26.6. The van der Waals surface area contributed by atoms with Crippen LogP contribution in [0.4, 0.5) is 0 Å². The molecule has 0 fully saturated rings. The number of carbonyl (C=O) groups excluding carboxylic acids is 1. The van der Waals surface area contributed by atoms with Crippen LogP contribution in [0.5, 0.6) is 0 Å². The predicted octanol–water partition coefficient (Wildman–Crippen LogP) is 11.4. The summed E-state index contributed by atoms with van der Waals surface area (Å²) in [5.74, 6) is -0.790. The van der Waals surface area contributed by atoms with Crippen LogP contribution in [0.3, 0.4) is 0 Å². The third-order valence-corrected chi connectivity index (χ3v) is 6.96. The second-order valence-electron chi connectivity index (χ2n) is 11.0. The minimum Gasteiger partial charge on any atom is -0.481 e. The van der Waals surface area contributed by atoms with Gasteiger partial charge in [-0.25, -0.2) is 0 Å². The fourth-order valence-electron chi connectivity index (χ4n) is 4.48. The van der Waals surface area contributed by atoms with Crippen molar-refractivity contribution < 1.29 is 19.4 Å². The topological polar surface area (TPSA) is 63.6 Å². The van der Waals surface area contributed by atoms with Crippen molar-refractivity contribution >= 4 is 11.9 Å². The Kier molecular flexibility index (Phi) is 30.3. The normalized spacial score (nSPS) is 13.0. The number of hydrogen-bond donors (Lipinski definition) is 1. The number of unbranched alkanes of at least 4 members (excludes halogenated alkanes) is 12. The maximum absolute atomic E-state index is 12.5. The number of carboxylic acids is 1. The molecule has 1 atom stereocenters. The molecule has 0 bridgehead atoms. The number of rotatable bonds is 29. The molecule has 1 N–H and O–H groups in total. The molecule has 41 heavy (non-hydrogen) atoms. The van der Waals surface area contributed by atoms with Crippen LogP contribution < -0.4 is 0 Å². The van der Waals surface area contributed by atoms with E-state index in [0.717, 1.165) is 89.9 Å². The smallest absolute Gasteiger partial charge is 0.306 e. The zero-order chi connectivity index (χ0) is 30.1. The summed E-state index contributed by atoms with van der Waals surface area (Å²) >= 11 is 0. The highest BCUT2D eigenvalue weighted by Crippen LogP contribution is 2.15. The molecule has 0 aromatic rings. The molecule has 4 nitrogen and oxygen atoms in total. The molecule has 0 aromatic carbocycles. The van der Waals surface area contributed by atoms with Gasteiger partial charge >= 0.3 is 11.9 Å². The monoisotopic (exact) mass is 570 g/mol. The molecule has 234 valence electrons. The predicted molar refractivity (Wildman–Crippen MR) is 176 cm³/mol. The summed E-state index contributed by atoms with van der Waals surface area (Å²) < 4.78 is 5.85. The van der Waals surface area contributed by atoms with E-state index in [-0.39, 0.29) is 18.5 Å². The summed E-state index contributed by atoms with van der Waals surface area (Å²) in [6.07, 6.45) is 43.8. The molecule has 1 unspecified atom stereocenters. The van der Waals surface area contributed by atoms with Crippen LogP contribution >= 0.6 is 0 Å². The van der Waals surface area contributed by atoms with Crippen LogP contribution in [-0.4, -0.2) is 23.1 Å². The Balaban J connectivity index is 4.19. The molecule has 0 saturated heterocycles. The number of esters is 1. The van der Waals surface area contributed by atoms with Gasteiger partial charge in [0.05, 0.1) is 0 Å². The van der Waals surface area contributed by atoms with Gasteiger partial charge in [0.15, 0.2) is 0 Å². The first-order valence-corrected chi connectivity index (χ1v) is 16.8. The first kappa shape index (κ1) is 38.6. The zero-order valence-electron chi connectivity index (χ0n) is 26.6. The summed E-state index contributed by atoms with van der Waals surface area (Å²) in [7, 11) is 0. The highest BCUT2D eigenvalue weighted by atomic mass is 16.5. The van der Waals surface area contributed by atoms with E-state index in [4.69, 9.17) is 9.84 Å². The maximum atomic E-state index is 12.5. The first-order valence-electron chi connectivity index (χ1n) is 16.8. The molecule has 0 aliphatic carbocycles. The van der Waals surface area contributed by atoms with Crippen LogP contribution in [0.1, 0.15) is 155 Å². The van der Waals surface area contributed by atoms with Crippen molar-refractivity contribution in [3.63, 3.8) is 0 Å². The van der Waals surface area contributed by atoms with Gasteiger partial charge in [-0.3, -0.25) is 9.59 Å². The van der Waals surface area contributed by atoms with E-state index in [2.05, 4.69) is 74.6 Å². The van der Waals surface area contributed by atoms with Crippen molar-refractivity contribution in [2.75, 3.05) is 0 Å². The van der Waals surface area contributed by atoms with Gasteiger partial charge in [-0.05, 0) is 76.7 Å². The second-order valence-corrected chi connectivity index (χ2v) is 11.0. The fraction of sp³-hybridized carbons (Fsp3) is 0.676. The van der Waals surface area contributed by atoms with Gasteiger partial charge in [0, 0.05) is 12.8 Å². The van der Waals surface area contributed by atoms with Crippen molar-refractivity contribution in [2.45, 2.75) is 161 Å². The molecule has 0 aliphatic heterocycles. The Morgan fingerprint density at radius 3 is 1.73 bits per heavy atom. The molecule has 0 rings (SSSR count). The van der Waals surface area contributed by atoms with Gasteiger partial charge < -0.3 is 9.84 Å². The average molecular weight is 571 g/mol. The van der Waals surface area contributed by atoms with Gasteiger partial charge in [-0.2, -0.15) is 0 Å². The van der Waals surface area contributed by atoms with E-state index in [0.29, 0.717) is 6.42 Å². The summed E-state index contributed by atoms with van der Waals surface area (Å²) in [6, 6.07) is 0. The molecule has 0 amide bonds. The minimum absolute atomic E-state index is 0.0801. The van der Waals surface area contributed by atoms with E-state index >= 15 is 0 Å². The Morgan fingerprint density at radius 1 is 0.585 bits per heavy atom. The van der Waals surface area contributed by atoms with Gasteiger partial charge in [0.25, 0.3) is 0 Å². The second kappa shape index (κ2) is 32.2. The molecule has 4 heteroatoms. The Hall–Kier alpha value is -2.36. The molecule has 0 aromatic heterocycles. The minimum atomic E-state index is -0.710. The van der Waals surface area contributed by atoms with Crippen molar-refractivity contribution in [3.8, 4) is 0 Å². The van der Waals surface area contributed by atoms with Crippen LogP contribution in [0.2, 0.25) is 0 Å². The van der Waals surface area contributed by atoms with Crippen LogP contribution in [0.25, 0.3) is 0 Å². The van der Waals surface area contributed by atoms with Crippen LogP contribution in [0, 0.1) is 0 Å². The molecule has 0 aliphatic rings. The molecular weight excluding hydrogens is 508 g/mol. The lowest BCUT2D eigenvalue weighted by Crippen LogP contribution is -2.16. The summed E-state index contributed by atoms with van der Waals surface area (Å²) in [5.41, 5.74) is 0. The van der Waals surface area contributed by atoms with Gasteiger partial charge in [-0.1, -0.05) is 126 Å². The quantitative estimate of drug-likeness (QED) is 0.0552. The average Bonchev–Trinajstić information content (AvgIpc) is 2.95. The largest absolute Gasteiger partial charge is 0.481 e. The van der Waals surface area contributed by atoms with Crippen molar-refractivity contribution in [1.29, 1.82) is 0 Å². The molecule has 0 heterocycles. The Labute approximate surface area is 253 Å². The SMILES string of the molecule is CC/C=C\C/C=C\C/C=C\C(CCCCCCCCC(=O)O)OC(=O)CCCCCCC/C=C\C/C=C\CCCC.